The van der Waals surface area contributed by atoms with Crippen LogP contribution in [-0.4, -0.2) is 21.7 Å². The van der Waals surface area contributed by atoms with Crippen LogP contribution in [-0.2, 0) is 11.3 Å². The Balaban J connectivity index is 1.65. The molecular weight excluding hydrogens is 312 g/mol. The fourth-order valence-electron chi connectivity index (χ4n) is 3.14. The summed E-state index contributed by atoms with van der Waals surface area (Å²) >= 11 is 0. The highest BCUT2D eigenvalue weighted by atomic mass is 16.1. The fraction of sp³-hybridized carbons (Fsp3) is 0.350. The lowest BCUT2D eigenvalue weighted by molar-refractivity contribution is -0.117. The Morgan fingerprint density at radius 1 is 1.28 bits per heavy atom. The minimum Gasteiger partial charge on any atom is -0.349 e. The van der Waals surface area contributed by atoms with Crippen LogP contribution in [0.2, 0.25) is 0 Å². The molecule has 1 aliphatic carbocycles. The lowest BCUT2D eigenvalue weighted by Crippen LogP contribution is -2.36. The summed E-state index contributed by atoms with van der Waals surface area (Å²) in [6, 6.07) is 12.2. The van der Waals surface area contributed by atoms with Crippen LogP contribution in [0.5, 0.6) is 0 Å². The molecular formula is C20H22N4O. The molecule has 2 aromatic rings. The van der Waals surface area contributed by atoms with Gasteiger partial charge in [0, 0.05) is 17.8 Å². The second-order valence-electron chi connectivity index (χ2n) is 6.44. The third kappa shape index (κ3) is 4.80. The van der Waals surface area contributed by atoms with E-state index in [0.29, 0.717) is 6.54 Å². The minimum atomic E-state index is -0.287. The van der Waals surface area contributed by atoms with E-state index in [9.17, 15) is 10.1 Å². The van der Waals surface area contributed by atoms with Gasteiger partial charge in [0.05, 0.1) is 12.7 Å². The summed E-state index contributed by atoms with van der Waals surface area (Å²) in [5.41, 5.74) is 2.03. The Bertz CT molecular complexity index is 780. The molecule has 5 heteroatoms. The maximum Gasteiger partial charge on any atom is 0.262 e. The van der Waals surface area contributed by atoms with Crippen LogP contribution >= 0.6 is 0 Å². The summed E-state index contributed by atoms with van der Waals surface area (Å²) in [4.78, 5) is 12.3. The molecule has 0 atom stereocenters. The molecule has 3 rings (SSSR count). The second-order valence-corrected chi connectivity index (χ2v) is 6.44. The number of benzene rings is 1. The number of nitrogens with zero attached hydrogens (tertiary/aromatic N) is 3. The Hall–Kier alpha value is -2.87. The Morgan fingerprint density at radius 2 is 2.04 bits per heavy atom. The number of nitrogens with one attached hydrogen (secondary N) is 1. The fourth-order valence-corrected chi connectivity index (χ4v) is 3.14. The van der Waals surface area contributed by atoms with Crippen LogP contribution in [0.4, 0.5) is 0 Å². The molecule has 1 aromatic carbocycles. The summed E-state index contributed by atoms with van der Waals surface area (Å²) < 4.78 is 1.80. The largest absolute Gasteiger partial charge is 0.349 e. The van der Waals surface area contributed by atoms with E-state index in [-0.39, 0.29) is 17.5 Å². The van der Waals surface area contributed by atoms with Gasteiger partial charge in [-0.15, -0.1) is 0 Å². The molecule has 25 heavy (non-hydrogen) atoms. The zero-order chi connectivity index (χ0) is 17.5. The molecule has 1 fully saturated rings. The van der Waals surface area contributed by atoms with E-state index in [1.165, 1.54) is 6.42 Å². The lowest BCUT2D eigenvalue weighted by Gasteiger charge is -2.22. The standard InChI is InChI=1S/C20H22N4O/c21-12-18(20(25)23-19-9-5-2-6-10-19)11-17-13-22-24(15-17)14-16-7-3-1-4-8-16/h1,3-4,7-8,11,13,15,19H,2,5-6,9-10,14H2,(H,23,25)/b18-11+. The van der Waals surface area contributed by atoms with E-state index in [2.05, 4.69) is 10.4 Å². The monoisotopic (exact) mass is 334 g/mol. The van der Waals surface area contributed by atoms with Gasteiger partial charge in [-0.3, -0.25) is 9.48 Å². The highest BCUT2D eigenvalue weighted by Crippen LogP contribution is 2.18. The van der Waals surface area contributed by atoms with Gasteiger partial charge in [-0.2, -0.15) is 10.4 Å². The molecule has 0 bridgehead atoms. The maximum atomic E-state index is 12.3. The Kier molecular flexibility index (Phi) is 5.63. The maximum absolute atomic E-state index is 12.3. The molecule has 5 nitrogen and oxygen atoms in total. The van der Waals surface area contributed by atoms with Crippen molar-refractivity contribution in [1.82, 2.24) is 15.1 Å². The van der Waals surface area contributed by atoms with E-state index in [4.69, 9.17) is 0 Å². The van der Waals surface area contributed by atoms with E-state index in [1.807, 2.05) is 42.6 Å². The Labute approximate surface area is 148 Å². The molecule has 0 spiro atoms. The van der Waals surface area contributed by atoms with Crippen LogP contribution in [0.15, 0.2) is 48.3 Å². The van der Waals surface area contributed by atoms with Crippen molar-refractivity contribution in [2.45, 2.75) is 44.7 Å². The van der Waals surface area contributed by atoms with Crippen LogP contribution in [0.25, 0.3) is 6.08 Å². The summed E-state index contributed by atoms with van der Waals surface area (Å²) in [6.45, 7) is 0.658. The highest BCUT2D eigenvalue weighted by molar-refractivity contribution is 6.01. The van der Waals surface area contributed by atoms with Crippen molar-refractivity contribution >= 4 is 12.0 Å². The molecule has 1 heterocycles. The van der Waals surface area contributed by atoms with Gasteiger partial charge in [-0.1, -0.05) is 49.6 Å². The number of hydrogen-bond donors (Lipinski definition) is 1. The van der Waals surface area contributed by atoms with Gasteiger partial charge < -0.3 is 5.32 Å². The molecule has 0 unspecified atom stereocenters. The van der Waals surface area contributed by atoms with Crippen molar-refractivity contribution in [3.8, 4) is 6.07 Å². The molecule has 0 aliphatic heterocycles. The molecule has 1 amide bonds. The molecule has 1 aromatic heterocycles. The highest BCUT2D eigenvalue weighted by Gasteiger charge is 2.18. The summed E-state index contributed by atoms with van der Waals surface area (Å²) in [5.74, 6) is -0.287. The van der Waals surface area contributed by atoms with E-state index in [0.717, 1.165) is 36.8 Å². The first-order chi connectivity index (χ1) is 12.2. The predicted octanol–water partition coefficient (Wildman–Crippen LogP) is 3.29. The summed E-state index contributed by atoms with van der Waals surface area (Å²) in [5, 5.41) is 16.6. The first-order valence-electron chi connectivity index (χ1n) is 8.73. The molecule has 1 aliphatic rings. The topological polar surface area (TPSA) is 70.7 Å². The van der Waals surface area contributed by atoms with Gasteiger partial charge in [0.1, 0.15) is 11.6 Å². The van der Waals surface area contributed by atoms with Crippen LogP contribution < -0.4 is 5.32 Å². The van der Waals surface area contributed by atoms with E-state index < -0.39 is 0 Å². The minimum absolute atomic E-state index is 0.129. The van der Waals surface area contributed by atoms with Gasteiger partial charge in [-0.25, -0.2) is 0 Å². The lowest BCUT2D eigenvalue weighted by atomic mass is 9.95. The van der Waals surface area contributed by atoms with Gasteiger partial charge in [0.2, 0.25) is 0 Å². The summed E-state index contributed by atoms with van der Waals surface area (Å²) in [7, 11) is 0. The zero-order valence-corrected chi connectivity index (χ0v) is 14.2. The van der Waals surface area contributed by atoms with Crippen molar-refractivity contribution in [3.05, 3.63) is 59.4 Å². The van der Waals surface area contributed by atoms with Crippen molar-refractivity contribution in [3.63, 3.8) is 0 Å². The van der Waals surface area contributed by atoms with Crippen LogP contribution in [0.3, 0.4) is 0 Å². The molecule has 1 saturated carbocycles. The number of amides is 1. The van der Waals surface area contributed by atoms with Gasteiger partial charge in [-0.05, 0) is 24.5 Å². The quantitative estimate of drug-likeness (QED) is 0.674. The van der Waals surface area contributed by atoms with Gasteiger partial charge in [0.15, 0.2) is 0 Å². The van der Waals surface area contributed by atoms with Crippen LogP contribution in [0.1, 0.15) is 43.2 Å². The predicted molar refractivity (Wildman–Crippen MR) is 96.4 cm³/mol. The number of nitriles is 1. The number of carbonyl (C=O) groups is 1. The SMILES string of the molecule is N#C/C(=C\c1cnn(Cc2ccccc2)c1)C(=O)NC1CCCCC1. The second kappa shape index (κ2) is 8.29. The zero-order valence-electron chi connectivity index (χ0n) is 14.2. The number of hydrogen-bond acceptors (Lipinski definition) is 3. The first-order valence-corrected chi connectivity index (χ1v) is 8.73. The Morgan fingerprint density at radius 3 is 2.76 bits per heavy atom. The number of rotatable bonds is 5. The van der Waals surface area contributed by atoms with Gasteiger partial charge >= 0.3 is 0 Å². The van der Waals surface area contributed by atoms with E-state index >= 15 is 0 Å². The van der Waals surface area contributed by atoms with Crippen molar-refractivity contribution < 1.29 is 4.79 Å². The number of aromatic nitrogens is 2. The van der Waals surface area contributed by atoms with E-state index in [1.54, 1.807) is 17.0 Å². The smallest absolute Gasteiger partial charge is 0.262 e. The molecule has 128 valence electrons. The summed E-state index contributed by atoms with van der Waals surface area (Å²) in [6.07, 6.45) is 10.6. The van der Waals surface area contributed by atoms with Crippen LogP contribution in [0, 0.1) is 11.3 Å². The van der Waals surface area contributed by atoms with Crippen molar-refractivity contribution in [2.24, 2.45) is 0 Å². The first kappa shape index (κ1) is 17.0. The third-order valence-electron chi connectivity index (χ3n) is 4.46. The van der Waals surface area contributed by atoms with Crippen molar-refractivity contribution in [2.75, 3.05) is 0 Å². The average molecular weight is 334 g/mol. The third-order valence-corrected chi connectivity index (χ3v) is 4.46. The molecule has 1 N–H and O–H groups in total. The molecule has 0 saturated heterocycles. The number of carbonyl (C=O) groups excluding carboxylic acids is 1. The van der Waals surface area contributed by atoms with Gasteiger partial charge in [0.25, 0.3) is 5.91 Å². The molecule has 0 radical (unpaired) electrons. The average Bonchev–Trinajstić information content (AvgIpc) is 3.08. The van der Waals surface area contributed by atoms with Crippen molar-refractivity contribution in [1.29, 1.82) is 5.26 Å². The normalized spacial score (nSPS) is 15.6.